The molecule has 1 aromatic rings. The minimum absolute atomic E-state index is 0.496. The summed E-state index contributed by atoms with van der Waals surface area (Å²) in [6.07, 6.45) is 1.65. The van der Waals surface area contributed by atoms with E-state index in [1.807, 2.05) is 0 Å². The fraction of sp³-hybridized carbons (Fsp3) is 0.600. The molecule has 0 aromatic carbocycles. The van der Waals surface area contributed by atoms with Crippen LogP contribution in [0.1, 0.15) is 13.8 Å². The number of hydrogen-bond donors (Lipinski definition) is 2. The number of anilines is 2. The third-order valence-electron chi connectivity index (χ3n) is 2.28. The first kappa shape index (κ1) is 11.7. The van der Waals surface area contributed by atoms with Crippen LogP contribution in [0.3, 0.4) is 0 Å². The van der Waals surface area contributed by atoms with E-state index in [1.54, 1.807) is 12.3 Å². The lowest BCUT2D eigenvalue weighted by molar-refractivity contribution is 0.316. The lowest BCUT2D eigenvalue weighted by Crippen LogP contribution is -2.28. The Bertz CT molecular complexity index is 285. The number of hydrogen-bond acceptors (Lipinski definition) is 5. The number of nitrogens with one attached hydrogen (secondary N) is 1. The summed E-state index contributed by atoms with van der Waals surface area (Å²) in [6.45, 7) is 8.27. The second-order valence-electron chi connectivity index (χ2n) is 3.26. The molecule has 0 saturated heterocycles. The van der Waals surface area contributed by atoms with E-state index in [-0.39, 0.29) is 0 Å². The van der Waals surface area contributed by atoms with E-state index in [0.717, 1.165) is 26.2 Å². The summed E-state index contributed by atoms with van der Waals surface area (Å²) >= 11 is 0. The molecule has 0 aliphatic heterocycles. The van der Waals surface area contributed by atoms with E-state index >= 15 is 0 Å². The zero-order valence-corrected chi connectivity index (χ0v) is 9.40. The van der Waals surface area contributed by atoms with Crippen molar-refractivity contribution in [2.75, 3.05) is 37.2 Å². The summed E-state index contributed by atoms with van der Waals surface area (Å²) in [4.78, 5) is 10.5. The summed E-state index contributed by atoms with van der Waals surface area (Å²) in [5.41, 5.74) is 5.54. The predicted molar refractivity (Wildman–Crippen MR) is 62.7 cm³/mol. The molecule has 0 atom stereocenters. The number of likely N-dealkylation sites (N-methyl/N-ethyl adjacent to an activating group) is 1. The van der Waals surface area contributed by atoms with Gasteiger partial charge in [-0.3, -0.25) is 0 Å². The highest BCUT2D eigenvalue weighted by Crippen LogP contribution is 2.00. The van der Waals surface area contributed by atoms with Gasteiger partial charge in [0, 0.05) is 19.3 Å². The molecule has 0 amide bonds. The highest BCUT2D eigenvalue weighted by atomic mass is 15.2. The molecule has 5 nitrogen and oxygen atoms in total. The van der Waals surface area contributed by atoms with Crippen molar-refractivity contribution < 1.29 is 0 Å². The van der Waals surface area contributed by atoms with E-state index < -0.39 is 0 Å². The molecule has 0 spiro atoms. The van der Waals surface area contributed by atoms with Gasteiger partial charge in [0.2, 0.25) is 5.95 Å². The number of nitrogen functional groups attached to an aromatic ring is 1. The Morgan fingerprint density at radius 2 is 2.13 bits per heavy atom. The number of aromatic nitrogens is 2. The lowest BCUT2D eigenvalue weighted by Gasteiger charge is -2.17. The molecule has 0 bridgehead atoms. The Morgan fingerprint density at radius 1 is 1.40 bits per heavy atom. The maximum Gasteiger partial charge on any atom is 0.224 e. The molecule has 15 heavy (non-hydrogen) atoms. The van der Waals surface area contributed by atoms with Crippen LogP contribution in [0.15, 0.2) is 12.3 Å². The van der Waals surface area contributed by atoms with Crippen LogP contribution in [0.25, 0.3) is 0 Å². The minimum Gasteiger partial charge on any atom is -0.384 e. The fourth-order valence-electron chi connectivity index (χ4n) is 1.32. The first-order chi connectivity index (χ1) is 7.26. The van der Waals surface area contributed by atoms with Crippen molar-refractivity contribution in [2.24, 2.45) is 0 Å². The standard InChI is InChI=1S/C10H19N5/c1-3-15(4-2)8-7-13-10-12-6-5-9(11)14-10/h5-6H,3-4,7-8H2,1-2H3,(H3,11,12,13,14). The smallest absolute Gasteiger partial charge is 0.224 e. The molecule has 0 unspecified atom stereocenters. The molecule has 3 N–H and O–H groups in total. The Kier molecular flexibility index (Phi) is 4.83. The molecule has 5 heteroatoms. The highest BCUT2D eigenvalue weighted by molar-refractivity contribution is 5.34. The molecule has 1 heterocycles. The predicted octanol–water partition coefficient (Wildman–Crippen LogP) is 0.812. The summed E-state index contributed by atoms with van der Waals surface area (Å²) in [5, 5.41) is 3.14. The lowest BCUT2D eigenvalue weighted by atomic mass is 10.4. The normalized spacial score (nSPS) is 10.6. The Balaban J connectivity index is 2.31. The topological polar surface area (TPSA) is 67.1 Å². The van der Waals surface area contributed by atoms with Crippen LogP contribution in [-0.2, 0) is 0 Å². The molecule has 1 rings (SSSR count). The van der Waals surface area contributed by atoms with Gasteiger partial charge in [0.05, 0.1) is 0 Å². The SMILES string of the molecule is CCN(CC)CCNc1nccc(N)n1. The zero-order chi connectivity index (χ0) is 11.1. The molecule has 0 aliphatic carbocycles. The summed E-state index contributed by atoms with van der Waals surface area (Å²) < 4.78 is 0. The molecular weight excluding hydrogens is 190 g/mol. The van der Waals surface area contributed by atoms with Crippen LogP contribution in [0.2, 0.25) is 0 Å². The van der Waals surface area contributed by atoms with Crippen molar-refractivity contribution in [2.45, 2.75) is 13.8 Å². The van der Waals surface area contributed by atoms with Gasteiger partial charge in [0.15, 0.2) is 0 Å². The second kappa shape index (κ2) is 6.19. The number of nitrogens with zero attached hydrogens (tertiary/aromatic N) is 3. The molecule has 84 valence electrons. The van der Waals surface area contributed by atoms with Crippen LogP contribution in [-0.4, -0.2) is 41.0 Å². The number of nitrogens with two attached hydrogens (primary N) is 1. The van der Waals surface area contributed by atoms with Crippen LogP contribution >= 0.6 is 0 Å². The van der Waals surface area contributed by atoms with E-state index in [9.17, 15) is 0 Å². The average Bonchev–Trinajstić information content (AvgIpc) is 2.25. The van der Waals surface area contributed by atoms with Gasteiger partial charge in [0.1, 0.15) is 5.82 Å². The molecule has 1 aromatic heterocycles. The molecular formula is C10H19N5. The van der Waals surface area contributed by atoms with Gasteiger partial charge in [-0.25, -0.2) is 4.98 Å². The van der Waals surface area contributed by atoms with E-state index in [0.29, 0.717) is 11.8 Å². The van der Waals surface area contributed by atoms with Crippen LogP contribution in [0.4, 0.5) is 11.8 Å². The van der Waals surface area contributed by atoms with Gasteiger partial charge >= 0.3 is 0 Å². The third kappa shape index (κ3) is 4.12. The highest BCUT2D eigenvalue weighted by Gasteiger charge is 1.99. The van der Waals surface area contributed by atoms with E-state index in [2.05, 4.69) is 34.0 Å². The van der Waals surface area contributed by atoms with E-state index in [1.165, 1.54) is 0 Å². The summed E-state index contributed by atoms with van der Waals surface area (Å²) in [7, 11) is 0. The van der Waals surface area contributed by atoms with Gasteiger partial charge in [-0.15, -0.1) is 0 Å². The van der Waals surface area contributed by atoms with Crippen LogP contribution in [0, 0.1) is 0 Å². The average molecular weight is 209 g/mol. The molecule has 0 saturated carbocycles. The van der Waals surface area contributed by atoms with Crippen molar-refractivity contribution >= 4 is 11.8 Å². The van der Waals surface area contributed by atoms with Crippen molar-refractivity contribution in [3.8, 4) is 0 Å². The Labute approximate surface area is 90.7 Å². The van der Waals surface area contributed by atoms with Gasteiger partial charge in [0.25, 0.3) is 0 Å². The van der Waals surface area contributed by atoms with Crippen LogP contribution in [0.5, 0.6) is 0 Å². The minimum atomic E-state index is 0.496. The zero-order valence-electron chi connectivity index (χ0n) is 9.40. The number of rotatable bonds is 6. The van der Waals surface area contributed by atoms with E-state index in [4.69, 9.17) is 5.73 Å². The third-order valence-corrected chi connectivity index (χ3v) is 2.28. The van der Waals surface area contributed by atoms with Crippen molar-refractivity contribution in [3.05, 3.63) is 12.3 Å². The van der Waals surface area contributed by atoms with Crippen molar-refractivity contribution in [1.29, 1.82) is 0 Å². The Hall–Kier alpha value is -1.36. The largest absolute Gasteiger partial charge is 0.384 e. The molecule has 0 radical (unpaired) electrons. The summed E-state index contributed by atoms with van der Waals surface area (Å²) in [6, 6.07) is 1.68. The first-order valence-corrected chi connectivity index (χ1v) is 5.31. The van der Waals surface area contributed by atoms with Crippen molar-refractivity contribution in [3.63, 3.8) is 0 Å². The Morgan fingerprint density at radius 3 is 2.73 bits per heavy atom. The van der Waals surface area contributed by atoms with Crippen LogP contribution < -0.4 is 11.1 Å². The van der Waals surface area contributed by atoms with Gasteiger partial charge in [-0.05, 0) is 19.2 Å². The fourth-order valence-corrected chi connectivity index (χ4v) is 1.32. The maximum atomic E-state index is 5.54. The van der Waals surface area contributed by atoms with Crippen molar-refractivity contribution in [1.82, 2.24) is 14.9 Å². The second-order valence-corrected chi connectivity index (χ2v) is 3.26. The van der Waals surface area contributed by atoms with Gasteiger partial charge < -0.3 is 16.0 Å². The van der Waals surface area contributed by atoms with Gasteiger partial charge in [-0.1, -0.05) is 13.8 Å². The summed E-state index contributed by atoms with van der Waals surface area (Å²) in [5.74, 6) is 1.09. The van der Waals surface area contributed by atoms with Gasteiger partial charge in [-0.2, -0.15) is 4.98 Å². The first-order valence-electron chi connectivity index (χ1n) is 5.31. The quantitative estimate of drug-likeness (QED) is 0.726. The monoisotopic (exact) mass is 209 g/mol. The molecule has 0 fully saturated rings. The maximum absolute atomic E-state index is 5.54. The molecule has 0 aliphatic rings.